The number of Topliss-reactive ketones (excluding diaryl/α,β-unsaturated/α-hetero) is 1. The Balaban J connectivity index is 1.79. The maximum atomic E-state index is 11.9. The molecule has 0 aliphatic rings. The fourth-order valence-corrected chi connectivity index (χ4v) is 4.55. The first-order valence-electron chi connectivity index (χ1n) is 7.63. The summed E-state index contributed by atoms with van der Waals surface area (Å²) in [5.74, 6) is 1.31. The van der Waals surface area contributed by atoms with Crippen LogP contribution in [-0.4, -0.2) is 20.7 Å². The van der Waals surface area contributed by atoms with Crippen molar-refractivity contribution in [3.63, 3.8) is 0 Å². The van der Waals surface area contributed by atoms with Crippen molar-refractivity contribution in [2.24, 2.45) is 0 Å². The van der Waals surface area contributed by atoms with Crippen LogP contribution in [0.3, 0.4) is 0 Å². The van der Waals surface area contributed by atoms with Crippen molar-refractivity contribution in [1.82, 2.24) is 15.0 Å². The van der Waals surface area contributed by atoms with Crippen LogP contribution in [0.25, 0.3) is 10.6 Å². The Labute approximate surface area is 159 Å². The first-order valence-corrected chi connectivity index (χ1v) is 9.87. The SMILES string of the molecule is CC(=O)c1c(C)nc(C)nc1SCc1csc(-c2ccc(Cl)cc2)n1. The molecular weight excluding hydrogens is 374 g/mol. The monoisotopic (exact) mass is 389 g/mol. The van der Waals surface area contributed by atoms with Crippen LogP contribution in [0.5, 0.6) is 0 Å². The zero-order chi connectivity index (χ0) is 18.0. The van der Waals surface area contributed by atoms with E-state index in [1.165, 1.54) is 11.8 Å². The first-order chi connectivity index (χ1) is 11.9. The van der Waals surface area contributed by atoms with Gasteiger partial charge < -0.3 is 0 Å². The summed E-state index contributed by atoms with van der Waals surface area (Å²) in [6, 6.07) is 7.64. The van der Waals surface area contributed by atoms with Crippen molar-refractivity contribution in [1.29, 1.82) is 0 Å². The van der Waals surface area contributed by atoms with Gasteiger partial charge in [0.1, 0.15) is 15.9 Å². The highest BCUT2D eigenvalue weighted by Gasteiger charge is 2.15. The third-order valence-electron chi connectivity index (χ3n) is 3.52. The van der Waals surface area contributed by atoms with Crippen molar-refractivity contribution in [3.8, 4) is 10.6 Å². The molecule has 0 N–H and O–H groups in total. The van der Waals surface area contributed by atoms with Crippen molar-refractivity contribution in [3.05, 3.63) is 57.4 Å². The molecule has 2 aromatic heterocycles. The summed E-state index contributed by atoms with van der Waals surface area (Å²) < 4.78 is 0. The molecule has 0 unspecified atom stereocenters. The van der Waals surface area contributed by atoms with Gasteiger partial charge in [-0.15, -0.1) is 11.3 Å². The quantitative estimate of drug-likeness (QED) is 0.333. The zero-order valence-electron chi connectivity index (χ0n) is 14.0. The minimum Gasteiger partial charge on any atom is -0.294 e. The van der Waals surface area contributed by atoms with Gasteiger partial charge in [0.2, 0.25) is 0 Å². The third kappa shape index (κ3) is 4.26. The highest BCUT2D eigenvalue weighted by Crippen LogP contribution is 2.30. The summed E-state index contributed by atoms with van der Waals surface area (Å²) in [7, 11) is 0. The van der Waals surface area contributed by atoms with Crippen LogP contribution in [0.1, 0.15) is 34.5 Å². The Bertz CT molecular complexity index is 923. The largest absolute Gasteiger partial charge is 0.294 e. The molecule has 128 valence electrons. The Hall–Kier alpha value is -1.76. The number of thioether (sulfide) groups is 1. The zero-order valence-corrected chi connectivity index (χ0v) is 16.4. The minimum atomic E-state index is -0.0138. The lowest BCUT2D eigenvalue weighted by atomic mass is 10.2. The normalized spacial score (nSPS) is 10.9. The Morgan fingerprint density at radius 1 is 1.16 bits per heavy atom. The van der Waals surface area contributed by atoms with Gasteiger partial charge in [-0.3, -0.25) is 4.79 Å². The van der Waals surface area contributed by atoms with Gasteiger partial charge in [-0.2, -0.15) is 0 Å². The van der Waals surface area contributed by atoms with Gasteiger partial charge in [0.25, 0.3) is 0 Å². The van der Waals surface area contributed by atoms with E-state index in [9.17, 15) is 4.79 Å². The second-order valence-electron chi connectivity index (χ2n) is 5.53. The molecule has 0 spiro atoms. The van der Waals surface area contributed by atoms with Crippen molar-refractivity contribution >= 4 is 40.5 Å². The fraction of sp³-hybridized carbons (Fsp3) is 0.222. The van der Waals surface area contributed by atoms with Crippen molar-refractivity contribution in [2.45, 2.75) is 31.6 Å². The van der Waals surface area contributed by atoms with E-state index < -0.39 is 0 Å². The molecule has 1 aromatic carbocycles. The van der Waals surface area contributed by atoms with E-state index in [0.717, 1.165) is 27.0 Å². The number of carbonyl (C=O) groups excluding carboxylic acids is 1. The summed E-state index contributed by atoms with van der Waals surface area (Å²) in [5, 5.41) is 4.42. The molecule has 0 radical (unpaired) electrons. The van der Waals surface area contributed by atoms with E-state index in [0.29, 0.717) is 22.2 Å². The van der Waals surface area contributed by atoms with Crippen LogP contribution in [0.2, 0.25) is 5.02 Å². The highest BCUT2D eigenvalue weighted by molar-refractivity contribution is 7.98. The van der Waals surface area contributed by atoms with E-state index in [1.807, 2.05) is 43.5 Å². The van der Waals surface area contributed by atoms with Gasteiger partial charge in [0, 0.05) is 21.7 Å². The lowest BCUT2D eigenvalue weighted by Crippen LogP contribution is -2.06. The van der Waals surface area contributed by atoms with Crippen LogP contribution in [0.4, 0.5) is 0 Å². The molecule has 0 saturated heterocycles. The molecule has 3 aromatic rings. The van der Waals surface area contributed by atoms with Gasteiger partial charge in [0.15, 0.2) is 5.78 Å². The molecule has 7 heteroatoms. The molecule has 0 atom stereocenters. The molecule has 0 bridgehead atoms. The van der Waals surface area contributed by atoms with E-state index in [4.69, 9.17) is 11.6 Å². The van der Waals surface area contributed by atoms with Gasteiger partial charge in [-0.05, 0) is 32.9 Å². The Kier molecular flexibility index (Phi) is 5.51. The summed E-state index contributed by atoms with van der Waals surface area (Å²) >= 11 is 9.04. The Morgan fingerprint density at radius 3 is 2.56 bits per heavy atom. The number of ketones is 1. The number of halogens is 1. The summed E-state index contributed by atoms with van der Waals surface area (Å²) in [5.41, 5.74) is 3.33. The Morgan fingerprint density at radius 2 is 1.88 bits per heavy atom. The van der Waals surface area contributed by atoms with E-state index in [1.54, 1.807) is 18.3 Å². The minimum absolute atomic E-state index is 0.0138. The summed E-state index contributed by atoms with van der Waals surface area (Å²) in [4.78, 5) is 25.3. The van der Waals surface area contributed by atoms with E-state index >= 15 is 0 Å². The molecule has 25 heavy (non-hydrogen) atoms. The molecule has 0 amide bonds. The number of nitrogens with zero attached hydrogens (tertiary/aromatic N) is 3. The van der Waals surface area contributed by atoms with Crippen LogP contribution in [0.15, 0.2) is 34.7 Å². The van der Waals surface area contributed by atoms with Gasteiger partial charge in [-0.1, -0.05) is 35.5 Å². The van der Waals surface area contributed by atoms with E-state index in [-0.39, 0.29) is 5.78 Å². The average Bonchev–Trinajstić information content (AvgIpc) is 3.01. The summed E-state index contributed by atoms with van der Waals surface area (Å²) in [6.45, 7) is 5.23. The second kappa shape index (κ2) is 7.64. The standard InChI is InChI=1S/C18H16ClN3OS2/c1-10-16(11(2)23)18(21-12(3)20-10)25-9-15-8-24-17(22-15)13-4-6-14(19)7-5-13/h4-8H,9H2,1-3H3. The molecule has 0 saturated carbocycles. The molecular formula is C18H16ClN3OS2. The number of benzene rings is 1. The predicted octanol–water partition coefficient (Wildman–Crippen LogP) is 5.37. The number of aryl methyl sites for hydroxylation is 2. The number of hydrogen-bond donors (Lipinski definition) is 0. The maximum absolute atomic E-state index is 11.9. The number of carbonyl (C=O) groups is 1. The molecule has 4 nitrogen and oxygen atoms in total. The van der Waals surface area contributed by atoms with E-state index in [2.05, 4.69) is 15.0 Å². The smallest absolute Gasteiger partial charge is 0.164 e. The molecule has 0 fully saturated rings. The number of thiazole rings is 1. The van der Waals surface area contributed by atoms with Crippen molar-refractivity contribution < 1.29 is 4.79 Å². The predicted molar refractivity (Wildman–Crippen MR) is 104 cm³/mol. The average molecular weight is 390 g/mol. The molecule has 3 rings (SSSR count). The number of rotatable bonds is 5. The first kappa shape index (κ1) is 18.0. The second-order valence-corrected chi connectivity index (χ2v) is 7.79. The fourth-order valence-electron chi connectivity index (χ4n) is 2.43. The van der Waals surface area contributed by atoms with Gasteiger partial charge >= 0.3 is 0 Å². The number of hydrogen-bond acceptors (Lipinski definition) is 6. The molecule has 0 aliphatic heterocycles. The van der Waals surface area contributed by atoms with Crippen molar-refractivity contribution in [2.75, 3.05) is 0 Å². The lowest BCUT2D eigenvalue weighted by molar-refractivity contribution is 0.101. The summed E-state index contributed by atoms with van der Waals surface area (Å²) in [6.07, 6.45) is 0. The van der Waals surface area contributed by atoms with Crippen LogP contribution < -0.4 is 0 Å². The van der Waals surface area contributed by atoms with Crippen LogP contribution >= 0.6 is 34.7 Å². The highest BCUT2D eigenvalue weighted by atomic mass is 35.5. The van der Waals surface area contributed by atoms with Crippen LogP contribution in [-0.2, 0) is 5.75 Å². The van der Waals surface area contributed by atoms with Gasteiger partial charge in [-0.25, -0.2) is 15.0 Å². The number of aromatic nitrogens is 3. The lowest BCUT2D eigenvalue weighted by Gasteiger charge is -2.08. The molecule has 0 aliphatic carbocycles. The van der Waals surface area contributed by atoms with Gasteiger partial charge in [0.05, 0.1) is 17.0 Å². The van der Waals surface area contributed by atoms with Crippen LogP contribution in [0, 0.1) is 13.8 Å². The molecule has 2 heterocycles. The third-order valence-corrected chi connectivity index (χ3v) is 5.72. The topological polar surface area (TPSA) is 55.7 Å². The maximum Gasteiger partial charge on any atom is 0.164 e.